The zero-order chi connectivity index (χ0) is 14.7. The number of nitrogens with one attached hydrogen (secondary N) is 1. The topological polar surface area (TPSA) is 39.1 Å². The average Bonchev–Trinajstić information content (AvgIpc) is 3.33. The van der Waals surface area contributed by atoms with Crippen molar-refractivity contribution in [2.75, 3.05) is 19.6 Å². The lowest BCUT2D eigenvalue weighted by Gasteiger charge is -2.32. The van der Waals surface area contributed by atoms with Crippen molar-refractivity contribution in [1.82, 2.24) is 10.2 Å². The molecule has 0 atom stereocenters. The highest BCUT2D eigenvalue weighted by Crippen LogP contribution is 2.28. The molecule has 3 nitrogen and oxygen atoms in total. The van der Waals surface area contributed by atoms with Crippen molar-refractivity contribution in [3.8, 4) is 6.07 Å². The molecule has 1 heterocycles. The molecule has 1 aliphatic carbocycles. The number of hydrogen-bond donors (Lipinski definition) is 1. The van der Waals surface area contributed by atoms with Crippen LogP contribution in [0.2, 0.25) is 0 Å². The minimum Gasteiger partial charge on any atom is -0.314 e. The summed E-state index contributed by atoms with van der Waals surface area (Å²) >= 11 is 0. The number of benzene rings is 1. The minimum absolute atomic E-state index is 0.726. The highest BCUT2D eigenvalue weighted by atomic mass is 15.1. The molecule has 1 aromatic rings. The lowest BCUT2D eigenvalue weighted by Crippen LogP contribution is -2.42. The molecule has 2 aliphatic rings. The second-order valence-corrected chi connectivity index (χ2v) is 6.66. The van der Waals surface area contributed by atoms with Gasteiger partial charge in [0.2, 0.25) is 0 Å². The third-order valence-corrected chi connectivity index (χ3v) is 4.85. The van der Waals surface area contributed by atoms with Crippen LogP contribution in [0.25, 0.3) is 0 Å². The molecule has 0 amide bonds. The standard InChI is InChI=1S/C18H25N3/c1-14-10-16(11-19)4-5-17(14)13-21-8-6-18(7-9-21)20-12-15-2-3-15/h4-5,10,15,18,20H,2-3,6-9,12-13H2,1H3. The Kier molecular flexibility index (Phi) is 4.57. The van der Waals surface area contributed by atoms with Crippen LogP contribution < -0.4 is 5.32 Å². The lowest BCUT2D eigenvalue weighted by molar-refractivity contribution is 0.190. The average molecular weight is 283 g/mol. The molecule has 2 fully saturated rings. The molecule has 1 saturated carbocycles. The van der Waals surface area contributed by atoms with E-state index in [9.17, 15) is 0 Å². The van der Waals surface area contributed by atoms with E-state index in [4.69, 9.17) is 5.26 Å². The van der Waals surface area contributed by atoms with Gasteiger partial charge in [0.1, 0.15) is 0 Å². The third-order valence-electron chi connectivity index (χ3n) is 4.85. The second kappa shape index (κ2) is 6.60. The summed E-state index contributed by atoms with van der Waals surface area (Å²) in [5, 5.41) is 12.7. The Balaban J connectivity index is 1.47. The predicted molar refractivity (Wildman–Crippen MR) is 84.9 cm³/mol. The first-order valence-corrected chi connectivity index (χ1v) is 8.20. The Morgan fingerprint density at radius 1 is 1.24 bits per heavy atom. The Hall–Kier alpha value is -1.37. The fourth-order valence-corrected chi connectivity index (χ4v) is 3.13. The Morgan fingerprint density at radius 2 is 2.00 bits per heavy atom. The Labute approximate surface area is 128 Å². The minimum atomic E-state index is 0.726. The van der Waals surface area contributed by atoms with Gasteiger partial charge < -0.3 is 5.32 Å². The molecule has 112 valence electrons. The van der Waals surface area contributed by atoms with Crippen molar-refractivity contribution in [2.24, 2.45) is 5.92 Å². The third kappa shape index (κ3) is 4.06. The van der Waals surface area contributed by atoms with Gasteiger partial charge >= 0.3 is 0 Å². The van der Waals surface area contributed by atoms with Gasteiger partial charge in [0, 0.05) is 12.6 Å². The zero-order valence-corrected chi connectivity index (χ0v) is 12.9. The molecule has 0 unspecified atom stereocenters. The van der Waals surface area contributed by atoms with E-state index in [1.54, 1.807) is 0 Å². The molecule has 0 aromatic heterocycles. The van der Waals surface area contributed by atoms with Gasteiger partial charge in [0.05, 0.1) is 11.6 Å². The van der Waals surface area contributed by atoms with Crippen LogP contribution in [0.3, 0.4) is 0 Å². The zero-order valence-electron chi connectivity index (χ0n) is 12.9. The smallest absolute Gasteiger partial charge is 0.0991 e. The molecule has 1 saturated heterocycles. The lowest BCUT2D eigenvalue weighted by atomic mass is 10.0. The van der Waals surface area contributed by atoms with Gasteiger partial charge in [-0.2, -0.15) is 5.26 Å². The van der Waals surface area contributed by atoms with Gasteiger partial charge in [-0.25, -0.2) is 0 Å². The van der Waals surface area contributed by atoms with Crippen molar-refractivity contribution < 1.29 is 0 Å². The van der Waals surface area contributed by atoms with Crippen LogP contribution in [-0.2, 0) is 6.54 Å². The quantitative estimate of drug-likeness (QED) is 0.903. The summed E-state index contributed by atoms with van der Waals surface area (Å²) in [5.41, 5.74) is 3.36. The van der Waals surface area contributed by atoms with E-state index in [1.165, 1.54) is 56.4 Å². The van der Waals surface area contributed by atoms with Crippen molar-refractivity contribution in [3.63, 3.8) is 0 Å². The Morgan fingerprint density at radius 3 is 2.62 bits per heavy atom. The number of hydrogen-bond acceptors (Lipinski definition) is 3. The number of aryl methyl sites for hydroxylation is 1. The summed E-state index contributed by atoms with van der Waals surface area (Å²) < 4.78 is 0. The normalized spacial score (nSPS) is 20.4. The van der Waals surface area contributed by atoms with Gasteiger partial charge in [-0.05, 0) is 81.4 Å². The summed E-state index contributed by atoms with van der Waals surface area (Å²) in [7, 11) is 0. The highest BCUT2D eigenvalue weighted by molar-refractivity contribution is 5.37. The molecule has 1 N–H and O–H groups in total. The van der Waals surface area contributed by atoms with Crippen molar-refractivity contribution >= 4 is 0 Å². The maximum absolute atomic E-state index is 8.93. The molecular weight excluding hydrogens is 258 g/mol. The molecule has 3 heteroatoms. The first kappa shape index (κ1) is 14.6. The van der Waals surface area contributed by atoms with E-state index < -0.39 is 0 Å². The molecular formula is C18H25N3. The highest BCUT2D eigenvalue weighted by Gasteiger charge is 2.24. The first-order valence-electron chi connectivity index (χ1n) is 8.20. The summed E-state index contributed by atoms with van der Waals surface area (Å²) in [6.07, 6.45) is 5.40. The van der Waals surface area contributed by atoms with Crippen LogP contribution in [0.1, 0.15) is 42.4 Å². The van der Waals surface area contributed by atoms with Crippen LogP contribution >= 0.6 is 0 Å². The summed E-state index contributed by atoms with van der Waals surface area (Å²) in [6.45, 7) is 6.73. The van der Waals surface area contributed by atoms with E-state index in [-0.39, 0.29) is 0 Å². The van der Waals surface area contributed by atoms with E-state index in [1.807, 2.05) is 12.1 Å². The molecule has 0 spiro atoms. The maximum atomic E-state index is 8.93. The molecule has 1 aromatic carbocycles. The van der Waals surface area contributed by atoms with Crippen LogP contribution in [0, 0.1) is 24.2 Å². The monoisotopic (exact) mass is 283 g/mol. The molecule has 0 bridgehead atoms. The molecule has 0 radical (unpaired) electrons. The van der Waals surface area contributed by atoms with Gasteiger partial charge in [0.25, 0.3) is 0 Å². The molecule has 3 rings (SSSR count). The maximum Gasteiger partial charge on any atom is 0.0991 e. The molecule has 1 aliphatic heterocycles. The number of rotatable bonds is 5. The van der Waals surface area contributed by atoms with Crippen molar-refractivity contribution in [3.05, 3.63) is 34.9 Å². The van der Waals surface area contributed by atoms with Crippen molar-refractivity contribution in [2.45, 2.75) is 45.2 Å². The van der Waals surface area contributed by atoms with E-state index in [0.29, 0.717) is 0 Å². The van der Waals surface area contributed by atoms with Gasteiger partial charge in [-0.1, -0.05) is 6.07 Å². The first-order chi connectivity index (χ1) is 10.2. The largest absolute Gasteiger partial charge is 0.314 e. The second-order valence-electron chi connectivity index (χ2n) is 6.66. The van der Waals surface area contributed by atoms with Crippen LogP contribution in [0.4, 0.5) is 0 Å². The SMILES string of the molecule is Cc1cc(C#N)ccc1CN1CCC(NCC2CC2)CC1. The fraction of sp³-hybridized carbons (Fsp3) is 0.611. The van der Waals surface area contributed by atoms with E-state index >= 15 is 0 Å². The summed E-state index contributed by atoms with van der Waals surface area (Å²) in [5.74, 6) is 0.976. The van der Waals surface area contributed by atoms with Crippen LogP contribution in [0.5, 0.6) is 0 Å². The Bertz CT molecular complexity index is 520. The van der Waals surface area contributed by atoms with Gasteiger partial charge in [-0.15, -0.1) is 0 Å². The predicted octanol–water partition coefficient (Wildman–Crippen LogP) is 2.83. The number of nitriles is 1. The van der Waals surface area contributed by atoms with Gasteiger partial charge in [0.15, 0.2) is 0 Å². The van der Waals surface area contributed by atoms with Crippen LogP contribution in [0.15, 0.2) is 18.2 Å². The van der Waals surface area contributed by atoms with Crippen molar-refractivity contribution in [1.29, 1.82) is 5.26 Å². The van der Waals surface area contributed by atoms with Gasteiger partial charge in [-0.3, -0.25) is 4.90 Å². The number of likely N-dealkylation sites (tertiary alicyclic amines) is 1. The van der Waals surface area contributed by atoms with E-state index in [0.717, 1.165) is 24.1 Å². The summed E-state index contributed by atoms with van der Waals surface area (Å²) in [4.78, 5) is 2.55. The fourth-order valence-electron chi connectivity index (χ4n) is 3.13. The van der Waals surface area contributed by atoms with E-state index in [2.05, 4.69) is 29.3 Å². The summed E-state index contributed by atoms with van der Waals surface area (Å²) in [6, 6.07) is 8.99. The van der Waals surface area contributed by atoms with Crippen LogP contribution in [-0.4, -0.2) is 30.6 Å². The number of nitrogens with zero attached hydrogens (tertiary/aromatic N) is 2. The number of piperidine rings is 1. The molecule has 21 heavy (non-hydrogen) atoms.